The van der Waals surface area contributed by atoms with Crippen LogP contribution in [-0.2, 0) is 16.6 Å². The molecule has 1 aliphatic carbocycles. The zero-order valence-electron chi connectivity index (χ0n) is 17.2. The molecule has 148 valence electrons. The standard InChI is InChI=1S/C25H32N2O/c1-18-24-15-19-10-11-21(26-20-7-4-3-5-8-20)16-23(19)25(18,2)12-13-27(24)17-22-9-6-14-28-22/h3-5,7-8,10-11,16,18,22,24,26H,6,9,12-15,17H2,1-2H3/t18-,22-,24+,25+/m0/s1. The molecular weight excluding hydrogens is 344 g/mol. The van der Waals surface area contributed by atoms with Crippen molar-refractivity contribution in [2.45, 2.75) is 57.1 Å². The van der Waals surface area contributed by atoms with E-state index in [-0.39, 0.29) is 5.41 Å². The van der Waals surface area contributed by atoms with Crippen LogP contribution in [0.1, 0.15) is 44.2 Å². The lowest BCUT2D eigenvalue weighted by Gasteiger charge is -2.55. The van der Waals surface area contributed by atoms with Gasteiger partial charge in [-0.15, -0.1) is 0 Å². The van der Waals surface area contributed by atoms with Crippen molar-refractivity contribution in [2.75, 3.05) is 25.0 Å². The number of para-hydroxylation sites is 1. The van der Waals surface area contributed by atoms with Gasteiger partial charge in [-0.1, -0.05) is 38.1 Å². The Labute approximate surface area is 169 Å². The first-order valence-corrected chi connectivity index (χ1v) is 10.9. The van der Waals surface area contributed by atoms with Crippen LogP contribution in [0.25, 0.3) is 0 Å². The summed E-state index contributed by atoms with van der Waals surface area (Å²) in [7, 11) is 0. The smallest absolute Gasteiger partial charge is 0.0702 e. The number of rotatable bonds is 4. The Bertz CT molecular complexity index is 830. The predicted octanol–water partition coefficient (Wildman–Crippen LogP) is 5.13. The number of fused-ring (bicyclic) bond motifs is 4. The molecule has 2 fully saturated rings. The van der Waals surface area contributed by atoms with Crippen LogP contribution in [0.5, 0.6) is 0 Å². The minimum atomic E-state index is 0.264. The van der Waals surface area contributed by atoms with E-state index in [1.54, 1.807) is 11.1 Å². The summed E-state index contributed by atoms with van der Waals surface area (Å²) in [5.41, 5.74) is 5.73. The Morgan fingerprint density at radius 2 is 2.00 bits per heavy atom. The Hall–Kier alpha value is -1.84. The summed E-state index contributed by atoms with van der Waals surface area (Å²) in [6.07, 6.45) is 5.33. The highest BCUT2D eigenvalue weighted by Gasteiger charge is 2.48. The SMILES string of the molecule is C[C@H]1[C@H]2Cc3ccc(Nc4ccccc4)cc3[C@]1(C)CCN2C[C@@H]1CCCO1. The van der Waals surface area contributed by atoms with Crippen LogP contribution in [0.2, 0.25) is 0 Å². The minimum absolute atomic E-state index is 0.264. The zero-order chi connectivity index (χ0) is 19.1. The van der Waals surface area contributed by atoms with Gasteiger partial charge in [0.1, 0.15) is 0 Å². The lowest BCUT2D eigenvalue weighted by molar-refractivity contribution is -0.00662. The lowest BCUT2D eigenvalue weighted by Crippen LogP contribution is -2.59. The maximum absolute atomic E-state index is 5.95. The lowest BCUT2D eigenvalue weighted by atomic mass is 9.59. The summed E-state index contributed by atoms with van der Waals surface area (Å²) >= 11 is 0. The maximum atomic E-state index is 5.95. The number of nitrogens with zero attached hydrogens (tertiary/aromatic N) is 1. The molecule has 2 aromatic carbocycles. The largest absolute Gasteiger partial charge is 0.377 e. The van der Waals surface area contributed by atoms with Gasteiger partial charge >= 0.3 is 0 Å². The summed E-state index contributed by atoms with van der Waals surface area (Å²) < 4.78 is 5.95. The van der Waals surface area contributed by atoms with E-state index in [9.17, 15) is 0 Å². The summed E-state index contributed by atoms with van der Waals surface area (Å²) in [4.78, 5) is 2.74. The van der Waals surface area contributed by atoms with Gasteiger partial charge in [0.05, 0.1) is 6.10 Å². The van der Waals surface area contributed by atoms with Gasteiger partial charge in [0, 0.05) is 30.6 Å². The third kappa shape index (κ3) is 3.15. The molecule has 1 N–H and O–H groups in total. The van der Waals surface area contributed by atoms with Gasteiger partial charge in [0.2, 0.25) is 0 Å². The highest BCUT2D eigenvalue weighted by atomic mass is 16.5. The van der Waals surface area contributed by atoms with E-state index in [4.69, 9.17) is 4.74 Å². The van der Waals surface area contributed by atoms with E-state index in [1.165, 1.54) is 37.9 Å². The fourth-order valence-electron chi connectivity index (χ4n) is 5.75. The molecule has 0 radical (unpaired) electrons. The third-order valence-corrected chi connectivity index (χ3v) is 7.65. The second kappa shape index (κ2) is 7.20. The summed E-state index contributed by atoms with van der Waals surface area (Å²) in [6, 6.07) is 18.2. The van der Waals surface area contributed by atoms with Gasteiger partial charge in [-0.2, -0.15) is 0 Å². The highest BCUT2D eigenvalue weighted by molar-refractivity contribution is 5.62. The number of nitrogens with one attached hydrogen (secondary N) is 1. The maximum Gasteiger partial charge on any atom is 0.0702 e. The second-order valence-corrected chi connectivity index (χ2v) is 9.22. The Balaban J connectivity index is 1.41. The minimum Gasteiger partial charge on any atom is -0.377 e. The Kier molecular flexibility index (Phi) is 4.68. The predicted molar refractivity (Wildman–Crippen MR) is 115 cm³/mol. The summed E-state index contributed by atoms with van der Waals surface area (Å²) in [5, 5.41) is 3.59. The average molecular weight is 377 g/mol. The molecule has 28 heavy (non-hydrogen) atoms. The molecule has 2 heterocycles. The van der Waals surface area contributed by atoms with Crippen molar-refractivity contribution < 1.29 is 4.74 Å². The van der Waals surface area contributed by atoms with Crippen molar-refractivity contribution in [3.8, 4) is 0 Å². The Morgan fingerprint density at radius 1 is 1.14 bits per heavy atom. The van der Waals surface area contributed by atoms with Gasteiger partial charge in [0.25, 0.3) is 0 Å². The van der Waals surface area contributed by atoms with Crippen LogP contribution >= 0.6 is 0 Å². The van der Waals surface area contributed by atoms with E-state index in [1.807, 2.05) is 0 Å². The molecule has 0 saturated carbocycles. The zero-order valence-corrected chi connectivity index (χ0v) is 17.2. The van der Waals surface area contributed by atoms with Crippen LogP contribution in [0.4, 0.5) is 11.4 Å². The molecule has 5 rings (SSSR count). The van der Waals surface area contributed by atoms with Crippen LogP contribution in [-0.4, -0.2) is 36.7 Å². The van der Waals surface area contributed by atoms with Crippen LogP contribution in [0.3, 0.4) is 0 Å². The average Bonchev–Trinajstić information content (AvgIpc) is 3.21. The van der Waals surface area contributed by atoms with E-state index in [0.29, 0.717) is 18.1 Å². The first kappa shape index (κ1) is 18.2. The van der Waals surface area contributed by atoms with Crippen molar-refractivity contribution >= 4 is 11.4 Å². The number of benzene rings is 2. The van der Waals surface area contributed by atoms with Gasteiger partial charge in [-0.3, -0.25) is 4.90 Å². The quantitative estimate of drug-likeness (QED) is 0.800. The van der Waals surface area contributed by atoms with E-state index in [2.05, 4.69) is 72.6 Å². The highest BCUT2D eigenvalue weighted by Crippen LogP contribution is 2.49. The van der Waals surface area contributed by atoms with E-state index < -0.39 is 0 Å². The molecule has 2 saturated heterocycles. The van der Waals surface area contributed by atoms with Crippen LogP contribution in [0.15, 0.2) is 48.5 Å². The molecule has 2 bridgehead atoms. The van der Waals surface area contributed by atoms with E-state index >= 15 is 0 Å². The third-order valence-electron chi connectivity index (χ3n) is 7.65. The van der Waals surface area contributed by atoms with Gasteiger partial charge in [0.15, 0.2) is 0 Å². The van der Waals surface area contributed by atoms with Crippen molar-refractivity contribution in [3.63, 3.8) is 0 Å². The molecule has 3 aliphatic rings. The van der Waals surface area contributed by atoms with Gasteiger partial charge in [-0.05, 0) is 79.0 Å². The molecule has 3 heteroatoms. The van der Waals surface area contributed by atoms with Crippen LogP contribution in [0, 0.1) is 5.92 Å². The first-order chi connectivity index (χ1) is 13.6. The fourth-order valence-corrected chi connectivity index (χ4v) is 5.75. The summed E-state index contributed by atoms with van der Waals surface area (Å²) in [6.45, 7) is 8.25. The molecular formula is C25H32N2O. The molecule has 3 nitrogen and oxygen atoms in total. The molecule has 2 aromatic rings. The number of piperidine rings is 1. The normalized spacial score (nSPS) is 32.1. The summed E-state index contributed by atoms with van der Waals surface area (Å²) in [5.74, 6) is 0.669. The molecule has 0 amide bonds. The van der Waals surface area contributed by atoms with Crippen molar-refractivity contribution in [1.82, 2.24) is 4.90 Å². The number of hydrogen-bond acceptors (Lipinski definition) is 3. The molecule has 4 atom stereocenters. The number of likely N-dealkylation sites (tertiary alicyclic amines) is 1. The van der Waals surface area contributed by atoms with Gasteiger partial charge < -0.3 is 10.1 Å². The topological polar surface area (TPSA) is 24.5 Å². The van der Waals surface area contributed by atoms with Crippen molar-refractivity contribution in [1.29, 1.82) is 0 Å². The van der Waals surface area contributed by atoms with Crippen LogP contribution < -0.4 is 5.32 Å². The van der Waals surface area contributed by atoms with E-state index in [0.717, 1.165) is 18.8 Å². The molecule has 0 spiro atoms. The van der Waals surface area contributed by atoms with Crippen molar-refractivity contribution in [2.24, 2.45) is 5.92 Å². The first-order valence-electron chi connectivity index (χ1n) is 10.9. The fraction of sp³-hybridized carbons (Fsp3) is 0.520. The molecule has 2 aliphatic heterocycles. The number of ether oxygens (including phenoxy) is 1. The van der Waals surface area contributed by atoms with Gasteiger partial charge in [-0.25, -0.2) is 0 Å². The second-order valence-electron chi connectivity index (χ2n) is 9.22. The monoisotopic (exact) mass is 376 g/mol. The number of hydrogen-bond donors (Lipinski definition) is 1. The number of anilines is 2. The molecule has 0 aromatic heterocycles. The Morgan fingerprint density at radius 3 is 2.79 bits per heavy atom. The molecule has 0 unspecified atom stereocenters. The van der Waals surface area contributed by atoms with Crippen molar-refractivity contribution in [3.05, 3.63) is 59.7 Å².